The number of aromatic nitrogens is 1. The van der Waals surface area contributed by atoms with Crippen LogP contribution < -0.4 is 5.73 Å². The average molecular weight is 296 g/mol. The first-order valence-corrected chi connectivity index (χ1v) is 7.89. The highest BCUT2D eigenvalue weighted by molar-refractivity contribution is 6.31. The summed E-state index contributed by atoms with van der Waals surface area (Å²) in [5.74, 6) is 0.0887. The van der Waals surface area contributed by atoms with Crippen molar-refractivity contribution in [2.24, 2.45) is 5.73 Å². The lowest BCUT2D eigenvalue weighted by atomic mass is 9.96. The molecule has 4 nitrogen and oxygen atoms in total. The Kier molecular flexibility index (Phi) is 3.78. The summed E-state index contributed by atoms with van der Waals surface area (Å²) in [5.41, 5.74) is 6.79. The van der Waals surface area contributed by atoms with Crippen molar-refractivity contribution in [1.82, 2.24) is 9.47 Å². The van der Waals surface area contributed by atoms with E-state index in [4.69, 9.17) is 17.3 Å². The molecule has 0 radical (unpaired) electrons. The topological polar surface area (TPSA) is 51.3 Å². The number of nitrogens with zero attached hydrogens (tertiary/aromatic N) is 2. The standard InChI is InChI=1S/C15H22ClN3O/c1-10(17)13-4-2-3-7-18(13)15(20)14-8-11(16)9-19(14)12-5-6-12/h8-10,12-13H,2-7,17H2,1H3. The maximum absolute atomic E-state index is 12.9. The molecule has 5 heteroatoms. The van der Waals surface area contributed by atoms with Crippen LogP contribution >= 0.6 is 11.6 Å². The molecule has 2 N–H and O–H groups in total. The van der Waals surface area contributed by atoms with Crippen LogP contribution in [0.25, 0.3) is 0 Å². The van der Waals surface area contributed by atoms with Gasteiger partial charge in [-0.3, -0.25) is 4.79 Å². The van der Waals surface area contributed by atoms with Gasteiger partial charge < -0.3 is 15.2 Å². The number of hydrogen-bond donors (Lipinski definition) is 1. The van der Waals surface area contributed by atoms with Crippen molar-refractivity contribution >= 4 is 17.5 Å². The maximum atomic E-state index is 12.9. The highest BCUT2D eigenvalue weighted by atomic mass is 35.5. The number of likely N-dealkylation sites (tertiary alicyclic amines) is 1. The molecule has 2 unspecified atom stereocenters. The molecule has 2 fully saturated rings. The molecule has 1 aromatic rings. The molecule has 1 amide bonds. The van der Waals surface area contributed by atoms with E-state index >= 15 is 0 Å². The molecule has 110 valence electrons. The second kappa shape index (κ2) is 5.41. The minimum Gasteiger partial charge on any atom is -0.339 e. The van der Waals surface area contributed by atoms with Crippen molar-refractivity contribution in [3.8, 4) is 0 Å². The number of piperidine rings is 1. The van der Waals surface area contributed by atoms with Gasteiger partial charge in [0.05, 0.1) is 5.02 Å². The molecule has 3 rings (SSSR count). The normalized spacial score (nSPS) is 24.8. The van der Waals surface area contributed by atoms with Crippen molar-refractivity contribution in [1.29, 1.82) is 0 Å². The predicted octanol–water partition coefficient (Wildman–Crippen LogP) is 2.82. The van der Waals surface area contributed by atoms with E-state index in [-0.39, 0.29) is 18.0 Å². The van der Waals surface area contributed by atoms with Crippen molar-refractivity contribution in [3.63, 3.8) is 0 Å². The number of carbonyl (C=O) groups excluding carboxylic acids is 1. The smallest absolute Gasteiger partial charge is 0.270 e. The Hall–Kier alpha value is -1.00. The van der Waals surface area contributed by atoms with Gasteiger partial charge in [-0.05, 0) is 45.1 Å². The molecule has 1 saturated carbocycles. The van der Waals surface area contributed by atoms with Gasteiger partial charge in [0, 0.05) is 30.9 Å². The minimum atomic E-state index is 0.0130. The lowest BCUT2D eigenvalue weighted by Gasteiger charge is -2.38. The average Bonchev–Trinajstić information content (AvgIpc) is 3.21. The molecule has 1 aromatic heterocycles. The zero-order valence-electron chi connectivity index (χ0n) is 11.9. The highest BCUT2D eigenvalue weighted by Gasteiger charge is 2.34. The van der Waals surface area contributed by atoms with Crippen molar-refractivity contribution < 1.29 is 4.79 Å². The van der Waals surface area contributed by atoms with Gasteiger partial charge in [-0.2, -0.15) is 0 Å². The van der Waals surface area contributed by atoms with E-state index in [9.17, 15) is 4.79 Å². The highest BCUT2D eigenvalue weighted by Crippen LogP contribution is 2.38. The largest absolute Gasteiger partial charge is 0.339 e. The molecular formula is C15H22ClN3O. The summed E-state index contributed by atoms with van der Waals surface area (Å²) in [7, 11) is 0. The number of halogens is 1. The minimum absolute atomic E-state index is 0.0130. The molecular weight excluding hydrogens is 274 g/mol. The van der Waals surface area contributed by atoms with Gasteiger partial charge >= 0.3 is 0 Å². The summed E-state index contributed by atoms with van der Waals surface area (Å²) in [5, 5.41) is 0.648. The van der Waals surface area contributed by atoms with Crippen LogP contribution in [0, 0.1) is 0 Å². The van der Waals surface area contributed by atoms with Gasteiger partial charge in [-0.15, -0.1) is 0 Å². The van der Waals surface area contributed by atoms with E-state index in [0.29, 0.717) is 11.1 Å². The Bertz CT molecular complexity index is 507. The summed E-state index contributed by atoms with van der Waals surface area (Å²) in [6.07, 6.45) is 7.38. The molecule has 1 aliphatic heterocycles. The molecule has 1 aliphatic carbocycles. The Morgan fingerprint density at radius 1 is 1.40 bits per heavy atom. The SMILES string of the molecule is CC(N)C1CCCCN1C(=O)c1cc(Cl)cn1C1CC1. The quantitative estimate of drug-likeness (QED) is 0.932. The zero-order chi connectivity index (χ0) is 14.3. The number of nitrogens with two attached hydrogens (primary N) is 1. The molecule has 0 aromatic carbocycles. The Balaban J connectivity index is 1.87. The van der Waals surface area contributed by atoms with Crippen molar-refractivity contribution in [2.75, 3.05) is 6.54 Å². The fraction of sp³-hybridized carbons (Fsp3) is 0.667. The molecule has 2 aliphatic rings. The van der Waals surface area contributed by atoms with Gasteiger partial charge in [0.2, 0.25) is 0 Å². The third-order valence-corrected chi connectivity index (χ3v) is 4.60. The van der Waals surface area contributed by atoms with Crippen LogP contribution in [0.2, 0.25) is 5.02 Å². The second-order valence-electron chi connectivity index (χ2n) is 6.10. The molecule has 2 atom stereocenters. The first kappa shape index (κ1) is 14.0. The van der Waals surface area contributed by atoms with Crippen molar-refractivity contribution in [2.45, 2.75) is 57.2 Å². The van der Waals surface area contributed by atoms with Gasteiger partial charge in [0.1, 0.15) is 5.69 Å². The molecule has 1 saturated heterocycles. The number of rotatable bonds is 3. The van der Waals surface area contributed by atoms with Crippen LogP contribution in [-0.2, 0) is 0 Å². The third-order valence-electron chi connectivity index (χ3n) is 4.39. The van der Waals surface area contributed by atoms with Crippen LogP contribution in [0.3, 0.4) is 0 Å². The van der Waals surface area contributed by atoms with Crippen LogP contribution in [0.1, 0.15) is 55.6 Å². The van der Waals surface area contributed by atoms with Crippen LogP contribution in [0.5, 0.6) is 0 Å². The van der Waals surface area contributed by atoms with E-state index in [0.717, 1.165) is 44.3 Å². The van der Waals surface area contributed by atoms with Crippen LogP contribution in [-0.4, -0.2) is 34.0 Å². The summed E-state index contributed by atoms with van der Waals surface area (Å²) in [6.45, 7) is 2.79. The number of hydrogen-bond acceptors (Lipinski definition) is 2. The predicted molar refractivity (Wildman–Crippen MR) is 80.0 cm³/mol. The van der Waals surface area contributed by atoms with Gasteiger partial charge in [-0.25, -0.2) is 0 Å². The maximum Gasteiger partial charge on any atom is 0.270 e. The fourth-order valence-corrected chi connectivity index (χ4v) is 3.38. The molecule has 2 heterocycles. The lowest BCUT2D eigenvalue weighted by molar-refractivity contribution is 0.0572. The van der Waals surface area contributed by atoms with Gasteiger partial charge in [0.25, 0.3) is 5.91 Å². The second-order valence-corrected chi connectivity index (χ2v) is 6.54. The first-order valence-electron chi connectivity index (χ1n) is 7.52. The molecule has 20 heavy (non-hydrogen) atoms. The van der Waals surface area contributed by atoms with E-state index in [1.807, 2.05) is 18.0 Å². The zero-order valence-corrected chi connectivity index (χ0v) is 12.6. The Morgan fingerprint density at radius 2 is 2.15 bits per heavy atom. The van der Waals surface area contributed by atoms with E-state index < -0.39 is 0 Å². The van der Waals surface area contributed by atoms with E-state index in [1.54, 1.807) is 6.07 Å². The monoisotopic (exact) mass is 295 g/mol. The van der Waals surface area contributed by atoms with Crippen LogP contribution in [0.4, 0.5) is 0 Å². The molecule has 0 spiro atoms. The van der Waals surface area contributed by atoms with Gasteiger partial charge in [-0.1, -0.05) is 11.6 Å². The summed E-state index contributed by atoms with van der Waals surface area (Å²) >= 11 is 6.10. The lowest BCUT2D eigenvalue weighted by Crippen LogP contribution is -2.52. The van der Waals surface area contributed by atoms with Crippen LogP contribution in [0.15, 0.2) is 12.3 Å². The summed E-state index contributed by atoms with van der Waals surface area (Å²) in [4.78, 5) is 14.8. The van der Waals surface area contributed by atoms with Crippen molar-refractivity contribution in [3.05, 3.63) is 23.0 Å². The Morgan fingerprint density at radius 3 is 2.80 bits per heavy atom. The third kappa shape index (κ3) is 2.59. The fourth-order valence-electron chi connectivity index (χ4n) is 3.18. The molecule has 0 bridgehead atoms. The summed E-state index contributed by atoms with van der Waals surface area (Å²) < 4.78 is 2.05. The first-order chi connectivity index (χ1) is 9.58. The number of amides is 1. The number of carbonyl (C=O) groups is 1. The van der Waals surface area contributed by atoms with Gasteiger partial charge in [0.15, 0.2) is 0 Å². The Labute approximate surface area is 124 Å². The summed E-state index contributed by atoms with van der Waals surface area (Å²) in [6, 6.07) is 2.42. The van der Waals surface area contributed by atoms with E-state index in [2.05, 4.69) is 4.57 Å². The van der Waals surface area contributed by atoms with E-state index in [1.165, 1.54) is 0 Å².